The van der Waals surface area contributed by atoms with Crippen molar-refractivity contribution in [3.63, 3.8) is 0 Å². The molecule has 0 spiro atoms. The first-order valence-corrected chi connectivity index (χ1v) is 6.28. The summed E-state index contributed by atoms with van der Waals surface area (Å²) in [5, 5.41) is 5.09. The van der Waals surface area contributed by atoms with Crippen LogP contribution in [0.4, 0.5) is 5.69 Å². The van der Waals surface area contributed by atoms with Gasteiger partial charge in [0.05, 0.1) is 18.8 Å². The molecule has 1 amide bonds. The Kier molecular flexibility index (Phi) is 4.55. The topological polar surface area (TPSA) is 53.6 Å². The van der Waals surface area contributed by atoms with E-state index in [4.69, 9.17) is 4.74 Å². The maximum Gasteiger partial charge on any atom is 0.267 e. The Morgan fingerprint density at radius 3 is 2.78 bits per heavy atom. The van der Waals surface area contributed by atoms with E-state index in [1.807, 2.05) is 36.2 Å². The van der Waals surface area contributed by atoms with Gasteiger partial charge in [-0.15, -0.1) is 0 Å². The molecule has 1 saturated heterocycles. The van der Waals surface area contributed by atoms with Crippen molar-refractivity contribution in [3.05, 3.63) is 29.8 Å². The summed E-state index contributed by atoms with van der Waals surface area (Å²) in [5.74, 6) is -0.0755. The quantitative estimate of drug-likeness (QED) is 0.839. The van der Waals surface area contributed by atoms with E-state index in [0.717, 1.165) is 25.3 Å². The number of amides is 1. The van der Waals surface area contributed by atoms with Gasteiger partial charge in [0.1, 0.15) is 0 Å². The van der Waals surface area contributed by atoms with Crippen molar-refractivity contribution >= 4 is 11.6 Å². The average molecular weight is 249 g/mol. The first-order valence-electron chi connectivity index (χ1n) is 6.28. The van der Waals surface area contributed by atoms with Crippen LogP contribution in [0.5, 0.6) is 0 Å². The van der Waals surface area contributed by atoms with Crippen LogP contribution in [0.25, 0.3) is 0 Å². The fourth-order valence-corrected chi connectivity index (χ4v) is 1.90. The molecule has 5 nitrogen and oxygen atoms in total. The molecular formula is C13H19N3O2. The van der Waals surface area contributed by atoms with Crippen LogP contribution in [-0.2, 0) is 4.74 Å². The molecule has 1 aromatic rings. The van der Waals surface area contributed by atoms with E-state index in [9.17, 15) is 4.79 Å². The molecule has 0 saturated carbocycles. The SMILES string of the molecule is CCNc1ccccc1C(=O)NN1CCOCC1. The van der Waals surface area contributed by atoms with Crippen molar-refractivity contribution < 1.29 is 9.53 Å². The summed E-state index contributed by atoms with van der Waals surface area (Å²) < 4.78 is 5.24. The maximum absolute atomic E-state index is 12.2. The highest BCUT2D eigenvalue weighted by Crippen LogP contribution is 2.14. The van der Waals surface area contributed by atoms with Crippen molar-refractivity contribution in [2.24, 2.45) is 0 Å². The normalized spacial score (nSPS) is 16.3. The number of para-hydroxylation sites is 1. The van der Waals surface area contributed by atoms with Gasteiger partial charge in [-0.1, -0.05) is 12.1 Å². The van der Waals surface area contributed by atoms with Crippen LogP contribution < -0.4 is 10.7 Å². The zero-order valence-electron chi connectivity index (χ0n) is 10.6. The number of carbonyl (C=O) groups is 1. The lowest BCUT2D eigenvalue weighted by Crippen LogP contribution is -2.48. The lowest BCUT2D eigenvalue weighted by Gasteiger charge is -2.27. The average Bonchev–Trinajstić information content (AvgIpc) is 2.41. The molecule has 0 aliphatic carbocycles. The Balaban J connectivity index is 2.03. The highest BCUT2D eigenvalue weighted by Gasteiger charge is 2.16. The first-order chi connectivity index (χ1) is 8.81. The molecule has 2 N–H and O–H groups in total. The van der Waals surface area contributed by atoms with E-state index >= 15 is 0 Å². The third-order valence-corrected chi connectivity index (χ3v) is 2.81. The lowest BCUT2D eigenvalue weighted by molar-refractivity contribution is 0.0126. The van der Waals surface area contributed by atoms with Crippen molar-refractivity contribution in [1.29, 1.82) is 0 Å². The van der Waals surface area contributed by atoms with Gasteiger partial charge >= 0.3 is 0 Å². The molecule has 1 fully saturated rings. The van der Waals surface area contributed by atoms with E-state index in [1.165, 1.54) is 0 Å². The van der Waals surface area contributed by atoms with Gasteiger partial charge in [0.2, 0.25) is 0 Å². The van der Waals surface area contributed by atoms with Gasteiger partial charge in [-0.2, -0.15) is 0 Å². The van der Waals surface area contributed by atoms with E-state index in [-0.39, 0.29) is 5.91 Å². The monoisotopic (exact) mass is 249 g/mol. The van der Waals surface area contributed by atoms with Gasteiger partial charge in [-0.25, -0.2) is 5.01 Å². The highest BCUT2D eigenvalue weighted by atomic mass is 16.5. The number of hydrazine groups is 1. The van der Waals surface area contributed by atoms with Crippen molar-refractivity contribution in [2.75, 3.05) is 38.2 Å². The molecule has 1 aromatic carbocycles. The van der Waals surface area contributed by atoms with E-state index in [2.05, 4.69) is 10.7 Å². The molecule has 18 heavy (non-hydrogen) atoms. The molecular weight excluding hydrogens is 230 g/mol. The number of hydrogen-bond donors (Lipinski definition) is 2. The molecule has 1 heterocycles. The fourth-order valence-electron chi connectivity index (χ4n) is 1.90. The summed E-state index contributed by atoms with van der Waals surface area (Å²) in [6, 6.07) is 7.53. The fraction of sp³-hybridized carbons (Fsp3) is 0.462. The molecule has 1 aliphatic rings. The summed E-state index contributed by atoms with van der Waals surface area (Å²) in [7, 11) is 0. The smallest absolute Gasteiger partial charge is 0.267 e. The minimum Gasteiger partial charge on any atom is -0.385 e. The molecule has 0 aromatic heterocycles. The summed E-state index contributed by atoms with van der Waals surface area (Å²) in [5.41, 5.74) is 4.45. The number of carbonyl (C=O) groups excluding carboxylic acids is 1. The van der Waals surface area contributed by atoms with Gasteiger partial charge in [-0.05, 0) is 19.1 Å². The number of anilines is 1. The molecule has 2 rings (SSSR count). The molecule has 0 unspecified atom stereocenters. The minimum absolute atomic E-state index is 0.0755. The summed E-state index contributed by atoms with van der Waals surface area (Å²) >= 11 is 0. The Labute approximate surface area is 107 Å². The highest BCUT2D eigenvalue weighted by molar-refractivity contribution is 5.99. The number of morpholine rings is 1. The molecule has 0 bridgehead atoms. The second-order valence-electron chi connectivity index (χ2n) is 4.12. The number of hydrogen-bond acceptors (Lipinski definition) is 4. The second kappa shape index (κ2) is 6.37. The van der Waals surface area contributed by atoms with Crippen LogP contribution >= 0.6 is 0 Å². The number of benzene rings is 1. The van der Waals surface area contributed by atoms with E-state index < -0.39 is 0 Å². The number of ether oxygens (including phenoxy) is 1. The third kappa shape index (κ3) is 3.21. The van der Waals surface area contributed by atoms with Crippen molar-refractivity contribution in [2.45, 2.75) is 6.92 Å². The van der Waals surface area contributed by atoms with Gasteiger partial charge < -0.3 is 10.1 Å². The molecule has 5 heteroatoms. The van der Waals surface area contributed by atoms with Gasteiger partial charge in [0.15, 0.2) is 0 Å². The van der Waals surface area contributed by atoms with Crippen LogP contribution in [0.2, 0.25) is 0 Å². The Morgan fingerprint density at radius 1 is 1.33 bits per heavy atom. The van der Waals surface area contributed by atoms with Gasteiger partial charge in [0, 0.05) is 25.3 Å². The summed E-state index contributed by atoms with van der Waals surface area (Å²) in [6.45, 7) is 5.59. The number of rotatable bonds is 4. The minimum atomic E-state index is -0.0755. The summed E-state index contributed by atoms with van der Waals surface area (Å²) in [4.78, 5) is 12.2. The maximum atomic E-state index is 12.2. The molecule has 0 atom stereocenters. The molecule has 1 aliphatic heterocycles. The number of nitrogens with zero attached hydrogens (tertiary/aromatic N) is 1. The predicted octanol–water partition coefficient (Wildman–Crippen LogP) is 1.10. The Bertz CT molecular complexity index is 403. The van der Waals surface area contributed by atoms with Gasteiger partial charge in [0.25, 0.3) is 5.91 Å². The van der Waals surface area contributed by atoms with Crippen LogP contribution in [0, 0.1) is 0 Å². The van der Waals surface area contributed by atoms with Crippen LogP contribution in [0.3, 0.4) is 0 Å². The lowest BCUT2D eigenvalue weighted by atomic mass is 10.1. The largest absolute Gasteiger partial charge is 0.385 e. The Hall–Kier alpha value is -1.59. The predicted molar refractivity (Wildman–Crippen MR) is 70.5 cm³/mol. The molecule has 98 valence electrons. The Morgan fingerprint density at radius 2 is 2.06 bits per heavy atom. The molecule has 0 radical (unpaired) electrons. The van der Waals surface area contributed by atoms with E-state index in [1.54, 1.807) is 0 Å². The second-order valence-corrected chi connectivity index (χ2v) is 4.12. The standard InChI is InChI=1S/C13H19N3O2/c1-2-14-12-6-4-3-5-11(12)13(17)15-16-7-9-18-10-8-16/h3-6,14H,2,7-10H2,1H3,(H,15,17). The van der Waals surface area contributed by atoms with Crippen molar-refractivity contribution in [3.8, 4) is 0 Å². The van der Waals surface area contributed by atoms with E-state index in [0.29, 0.717) is 18.8 Å². The summed E-state index contributed by atoms with van der Waals surface area (Å²) in [6.07, 6.45) is 0. The first kappa shape index (κ1) is 12.9. The van der Waals surface area contributed by atoms with Crippen LogP contribution in [0.15, 0.2) is 24.3 Å². The number of nitrogens with one attached hydrogen (secondary N) is 2. The van der Waals surface area contributed by atoms with Crippen molar-refractivity contribution in [1.82, 2.24) is 10.4 Å². The van der Waals surface area contributed by atoms with Gasteiger partial charge in [-0.3, -0.25) is 10.2 Å². The third-order valence-electron chi connectivity index (χ3n) is 2.81. The van der Waals surface area contributed by atoms with Crippen LogP contribution in [-0.4, -0.2) is 43.8 Å². The van der Waals surface area contributed by atoms with Crippen LogP contribution in [0.1, 0.15) is 17.3 Å². The zero-order chi connectivity index (χ0) is 12.8. The zero-order valence-corrected chi connectivity index (χ0v) is 10.6.